The van der Waals surface area contributed by atoms with Gasteiger partial charge >= 0.3 is 0 Å². The van der Waals surface area contributed by atoms with E-state index in [4.69, 9.17) is 0 Å². The van der Waals surface area contributed by atoms with Gasteiger partial charge in [-0.05, 0) is 19.3 Å². The van der Waals surface area contributed by atoms with Gasteiger partial charge in [0.2, 0.25) is 0 Å². The molecule has 0 unspecified atom stereocenters. The molecule has 7 heavy (non-hydrogen) atoms. The summed E-state index contributed by atoms with van der Waals surface area (Å²) < 4.78 is 12.0. The molecule has 0 spiro atoms. The molecule has 0 radical (unpaired) electrons. The molecule has 44 valence electrons. The van der Waals surface area contributed by atoms with Crippen molar-refractivity contribution >= 4 is 0 Å². The monoisotopic (exact) mass is 103 g/mol. The van der Waals surface area contributed by atoms with Crippen LogP contribution < -0.4 is 0 Å². The Morgan fingerprint density at radius 2 is 1.71 bits per heavy atom. The number of halogens is 1. The molecule has 0 heterocycles. The molecule has 0 bridgehead atoms. The first-order valence-corrected chi connectivity index (χ1v) is 2.77. The Kier molecular flexibility index (Phi) is 2.97. The fourth-order valence-electron chi connectivity index (χ4n) is 0.650. The predicted molar refractivity (Wildman–Crippen MR) is 30.0 cm³/mol. The summed E-state index contributed by atoms with van der Waals surface area (Å²) in [6.45, 7) is 5.64. The number of hydrogen-bond donors (Lipinski definition) is 0. The van der Waals surface area contributed by atoms with E-state index in [0.29, 0.717) is 12.3 Å². The van der Waals surface area contributed by atoms with Gasteiger partial charge in [0.15, 0.2) is 0 Å². The molecule has 0 aromatic carbocycles. The highest BCUT2D eigenvalue weighted by Gasteiger charge is 1.99. The molecule has 0 aromatic rings. The maximum absolute atomic E-state index is 12.0. The summed E-state index contributed by atoms with van der Waals surface area (Å²) in [5.41, 5.74) is 0. The van der Waals surface area contributed by atoms with Crippen LogP contribution in [0.1, 0.15) is 27.2 Å². The van der Waals surface area contributed by atoms with Gasteiger partial charge < -0.3 is 0 Å². The summed E-state index contributed by atoms with van der Waals surface area (Å²) in [6.07, 6.45) is 0.0694. The molecule has 0 aromatic heterocycles. The van der Waals surface area contributed by atoms with Crippen LogP contribution in [0.5, 0.6) is 0 Å². The lowest BCUT2D eigenvalue weighted by molar-refractivity contribution is 0.306. The smallest absolute Gasteiger partial charge is 0.0976 e. The minimum atomic E-state index is -0.625. The molecular formula is C6H13F. The molecule has 0 saturated heterocycles. The molecule has 0 aliphatic carbocycles. The first-order chi connectivity index (χ1) is 3.13. The van der Waals surface area contributed by atoms with Crippen molar-refractivity contribution < 1.29 is 4.39 Å². The SMILES string of the molecule is CC(C)C[C@@H](C)[18F]. The molecule has 0 rings (SSSR count). The fourth-order valence-corrected chi connectivity index (χ4v) is 0.650. The molecule has 0 amide bonds. The van der Waals surface area contributed by atoms with E-state index in [1.807, 2.05) is 13.8 Å². The minimum absolute atomic E-state index is 0.500. The van der Waals surface area contributed by atoms with Crippen LogP contribution in [0, 0.1) is 5.92 Å². The Morgan fingerprint density at radius 3 is 1.71 bits per heavy atom. The van der Waals surface area contributed by atoms with Gasteiger partial charge in [-0.25, -0.2) is 4.39 Å². The van der Waals surface area contributed by atoms with Crippen molar-refractivity contribution in [2.45, 2.75) is 33.4 Å². The normalized spacial score (nSPS) is 15.0. The summed E-state index contributed by atoms with van der Waals surface area (Å²) in [6, 6.07) is 0. The number of rotatable bonds is 2. The second-order valence-corrected chi connectivity index (χ2v) is 2.41. The zero-order chi connectivity index (χ0) is 5.86. The van der Waals surface area contributed by atoms with Gasteiger partial charge in [0.25, 0.3) is 0 Å². The second-order valence-electron chi connectivity index (χ2n) is 2.41. The largest absolute Gasteiger partial charge is 0.248 e. The Morgan fingerprint density at radius 1 is 1.29 bits per heavy atom. The zero-order valence-corrected chi connectivity index (χ0v) is 5.24. The predicted octanol–water partition coefficient (Wildman–Crippen LogP) is 2.39. The maximum atomic E-state index is 12.0. The van der Waals surface area contributed by atoms with Crippen LogP contribution in [0.4, 0.5) is 4.39 Å². The standard InChI is InChI=1S/C6H13F/c1-5(2)4-6(3)7/h5-6H,4H2,1-3H3/t6-/m1/s1/i7-1. The van der Waals surface area contributed by atoms with E-state index >= 15 is 0 Å². The van der Waals surface area contributed by atoms with Crippen molar-refractivity contribution in [3.63, 3.8) is 0 Å². The van der Waals surface area contributed by atoms with Crippen molar-refractivity contribution in [2.75, 3.05) is 0 Å². The molecule has 0 aliphatic rings. The third-order valence-corrected chi connectivity index (χ3v) is 0.796. The molecule has 0 nitrogen and oxygen atoms in total. The molecule has 0 saturated carbocycles. The summed E-state index contributed by atoms with van der Waals surface area (Å²) in [5.74, 6) is 0.500. The molecule has 1 atom stereocenters. The summed E-state index contributed by atoms with van der Waals surface area (Å²) in [7, 11) is 0. The number of alkyl halides is 1. The van der Waals surface area contributed by atoms with E-state index in [0.717, 1.165) is 0 Å². The average molecular weight is 103 g/mol. The molecule has 0 fully saturated rings. The Balaban J connectivity index is 2.95. The van der Waals surface area contributed by atoms with Crippen LogP contribution in [0.15, 0.2) is 0 Å². The van der Waals surface area contributed by atoms with Gasteiger partial charge in [0.1, 0.15) is 0 Å². The van der Waals surface area contributed by atoms with Gasteiger partial charge in [-0.3, -0.25) is 0 Å². The maximum Gasteiger partial charge on any atom is 0.0976 e. The van der Waals surface area contributed by atoms with Gasteiger partial charge in [-0.2, -0.15) is 0 Å². The van der Waals surface area contributed by atoms with Crippen LogP contribution >= 0.6 is 0 Å². The summed E-state index contributed by atoms with van der Waals surface area (Å²) >= 11 is 0. The Bertz CT molecular complexity index is 33.4. The summed E-state index contributed by atoms with van der Waals surface area (Å²) in [5, 5.41) is 0. The molecule has 1 heteroatoms. The highest BCUT2D eigenvalue weighted by molar-refractivity contribution is 4.49. The van der Waals surface area contributed by atoms with E-state index in [1.165, 1.54) is 0 Å². The zero-order valence-electron chi connectivity index (χ0n) is 5.24. The average Bonchev–Trinajstić information content (AvgIpc) is 1.27. The van der Waals surface area contributed by atoms with E-state index in [2.05, 4.69) is 0 Å². The minimum Gasteiger partial charge on any atom is -0.248 e. The quantitative estimate of drug-likeness (QED) is 0.503. The van der Waals surface area contributed by atoms with Crippen LogP contribution in [0.2, 0.25) is 0 Å². The van der Waals surface area contributed by atoms with Gasteiger partial charge in [0.05, 0.1) is 6.17 Å². The van der Waals surface area contributed by atoms with Gasteiger partial charge in [-0.1, -0.05) is 13.8 Å². The second kappa shape index (κ2) is 3.00. The number of hydrogen-bond acceptors (Lipinski definition) is 0. The molecule has 0 N–H and O–H groups in total. The van der Waals surface area contributed by atoms with Gasteiger partial charge in [0, 0.05) is 0 Å². The molecular weight excluding hydrogens is 90.1 g/mol. The van der Waals surface area contributed by atoms with Crippen LogP contribution in [0.3, 0.4) is 0 Å². The van der Waals surface area contributed by atoms with E-state index in [1.54, 1.807) is 6.92 Å². The van der Waals surface area contributed by atoms with Crippen molar-refractivity contribution in [1.29, 1.82) is 0 Å². The van der Waals surface area contributed by atoms with Crippen LogP contribution in [0.25, 0.3) is 0 Å². The third kappa shape index (κ3) is 5.93. The van der Waals surface area contributed by atoms with Gasteiger partial charge in [-0.15, -0.1) is 0 Å². The highest BCUT2D eigenvalue weighted by atomic mass is 18.2. The lowest BCUT2D eigenvalue weighted by Crippen LogP contribution is -1.97. The van der Waals surface area contributed by atoms with E-state index < -0.39 is 6.17 Å². The lowest BCUT2D eigenvalue weighted by Gasteiger charge is -2.02. The van der Waals surface area contributed by atoms with Crippen molar-refractivity contribution in [2.24, 2.45) is 5.92 Å². The fraction of sp³-hybridized carbons (Fsp3) is 1.00. The Hall–Kier alpha value is -0.0700. The van der Waals surface area contributed by atoms with Crippen molar-refractivity contribution in [1.82, 2.24) is 0 Å². The Labute approximate surface area is 44.7 Å². The first kappa shape index (κ1) is 6.93. The van der Waals surface area contributed by atoms with E-state index in [-0.39, 0.29) is 0 Å². The highest BCUT2D eigenvalue weighted by Crippen LogP contribution is 2.05. The van der Waals surface area contributed by atoms with E-state index in [9.17, 15) is 4.39 Å². The van der Waals surface area contributed by atoms with Crippen molar-refractivity contribution in [3.8, 4) is 0 Å². The van der Waals surface area contributed by atoms with Crippen LogP contribution in [-0.2, 0) is 0 Å². The summed E-state index contributed by atoms with van der Waals surface area (Å²) in [4.78, 5) is 0. The first-order valence-electron chi connectivity index (χ1n) is 2.77. The van der Waals surface area contributed by atoms with Crippen molar-refractivity contribution in [3.05, 3.63) is 0 Å². The lowest BCUT2D eigenvalue weighted by atomic mass is 10.1. The third-order valence-electron chi connectivity index (χ3n) is 0.796. The van der Waals surface area contributed by atoms with Crippen LogP contribution in [-0.4, -0.2) is 6.17 Å². The topological polar surface area (TPSA) is 0 Å². The molecule has 0 aliphatic heterocycles.